The SMILES string of the molecule is NC(=S)c1ccc(Cl)cc1NC(=O)c1cccc(=O)[nH]1. The van der Waals surface area contributed by atoms with Crippen molar-refractivity contribution >= 4 is 40.4 Å². The maximum Gasteiger partial charge on any atom is 0.272 e. The van der Waals surface area contributed by atoms with Crippen LogP contribution in [0, 0.1) is 0 Å². The summed E-state index contributed by atoms with van der Waals surface area (Å²) in [5, 5.41) is 3.05. The second-order valence-corrected chi connectivity index (χ2v) is 4.81. The number of aromatic amines is 1. The van der Waals surface area contributed by atoms with Crippen molar-refractivity contribution < 1.29 is 4.79 Å². The van der Waals surface area contributed by atoms with E-state index in [2.05, 4.69) is 10.3 Å². The van der Waals surface area contributed by atoms with Gasteiger partial charge in [-0.2, -0.15) is 0 Å². The highest BCUT2D eigenvalue weighted by molar-refractivity contribution is 7.80. The summed E-state index contributed by atoms with van der Waals surface area (Å²) in [6, 6.07) is 9.07. The smallest absolute Gasteiger partial charge is 0.272 e. The van der Waals surface area contributed by atoms with Crippen LogP contribution in [0.3, 0.4) is 0 Å². The summed E-state index contributed by atoms with van der Waals surface area (Å²) in [6.07, 6.45) is 0. The second-order valence-electron chi connectivity index (χ2n) is 3.94. The molecule has 0 fully saturated rings. The molecule has 1 amide bonds. The van der Waals surface area contributed by atoms with Crippen LogP contribution in [0.25, 0.3) is 0 Å². The first-order valence-corrected chi connectivity index (χ1v) is 6.36. The van der Waals surface area contributed by atoms with E-state index in [1.165, 1.54) is 24.3 Å². The van der Waals surface area contributed by atoms with Gasteiger partial charge in [-0.15, -0.1) is 0 Å². The number of thiocarbonyl (C=S) groups is 1. The molecule has 7 heteroatoms. The maximum absolute atomic E-state index is 12.0. The molecule has 1 aromatic carbocycles. The van der Waals surface area contributed by atoms with E-state index in [9.17, 15) is 9.59 Å². The number of H-pyrrole nitrogens is 1. The van der Waals surface area contributed by atoms with Crippen LogP contribution in [-0.2, 0) is 0 Å². The Morgan fingerprint density at radius 1 is 1.30 bits per heavy atom. The summed E-state index contributed by atoms with van der Waals surface area (Å²) < 4.78 is 0. The van der Waals surface area contributed by atoms with Gasteiger partial charge in [0.1, 0.15) is 10.7 Å². The molecule has 0 saturated heterocycles. The van der Waals surface area contributed by atoms with Gasteiger partial charge < -0.3 is 16.0 Å². The number of carbonyl (C=O) groups is 1. The summed E-state index contributed by atoms with van der Waals surface area (Å²) in [6.45, 7) is 0. The van der Waals surface area contributed by atoms with Gasteiger partial charge in [0.15, 0.2) is 0 Å². The Labute approximate surface area is 124 Å². The molecule has 1 heterocycles. The van der Waals surface area contributed by atoms with Crippen molar-refractivity contribution in [3.8, 4) is 0 Å². The highest BCUT2D eigenvalue weighted by Gasteiger charge is 2.11. The largest absolute Gasteiger partial charge is 0.389 e. The molecule has 0 bridgehead atoms. The third kappa shape index (κ3) is 3.23. The van der Waals surface area contributed by atoms with Crippen LogP contribution < -0.4 is 16.6 Å². The second kappa shape index (κ2) is 5.85. The monoisotopic (exact) mass is 307 g/mol. The van der Waals surface area contributed by atoms with Crippen molar-refractivity contribution in [3.05, 3.63) is 63.0 Å². The molecule has 2 aromatic rings. The van der Waals surface area contributed by atoms with Crippen LogP contribution in [0.15, 0.2) is 41.2 Å². The van der Waals surface area contributed by atoms with E-state index in [1.807, 2.05) is 0 Å². The molecule has 0 aliphatic rings. The molecule has 4 N–H and O–H groups in total. The zero-order chi connectivity index (χ0) is 14.7. The summed E-state index contributed by atoms with van der Waals surface area (Å²) in [4.78, 5) is 25.8. The lowest BCUT2D eigenvalue weighted by Gasteiger charge is -2.10. The van der Waals surface area contributed by atoms with E-state index in [1.54, 1.807) is 12.1 Å². The molecular weight excluding hydrogens is 298 g/mol. The predicted molar refractivity (Wildman–Crippen MR) is 82.4 cm³/mol. The van der Waals surface area contributed by atoms with Crippen LogP contribution in [0.2, 0.25) is 5.02 Å². The molecule has 1 aromatic heterocycles. The Hall–Kier alpha value is -2.18. The van der Waals surface area contributed by atoms with Crippen molar-refractivity contribution in [2.24, 2.45) is 5.73 Å². The number of anilines is 1. The average Bonchev–Trinajstić information content (AvgIpc) is 2.38. The molecule has 20 heavy (non-hydrogen) atoms. The normalized spacial score (nSPS) is 10.1. The molecule has 0 unspecified atom stereocenters. The summed E-state index contributed by atoms with van der Waals surface area (Å²) in [5.41, 5.74) is 6.24. The zero-order valence-electron chi connectivity index (χ0n) is 10.1. The van der Waals surface area contributed by atoms with Gasteiger partial charge in [-0.1, -0.05) is 29.9 Å². The third-order valence-corrected chi connectivity index (χ3v) is 2.96. The van der Waals surface area contributed by atoms with Crippen LogP contribution in [0.4, 0.5) is 5.69 Å². The molecule has 0 atom stereocenters. The van der Waals surface area contributed by atoms with Gasteiger partial charge in [-0.3, -0.25) is 9.59 Å². The summed E-state index contributed by atoms with van der Waals surface area (Å²) >= 11 is 10.8. The molecule has 0 saturated carbocycles. The lowest BCUT2D eigenvalue weighted by molar-refractivity contribution is 0.102. The number of rotatable bonds is 3. The van der Waals surface area contributed by atoms with Crippen molar-refractivity contribution in [1.29, 1.82) is 0 Å². The highest BCUT2D eigenvalue weighted by Crippen LogP contribution is 2.21. The first-order valence-electron chi connectivity index (χ1n) is 5.57. The van der Waals surface area contributed by atoms with Crippen LogP contribution in [-0.4, -0.2) is 15.9 Å². The molecule has 102 valence electrons. The van der Waals surface area contributed by atoms with Gasteiger partial charge in [0.25, 0.3) is 5.91 Å². The summed E-state index contributed by atoms with van der Waals surface area (Å²) in [5.74, 6) is -0.484. The van der Waals surface area contributed by atoms with Gasteiger partial charge in [0.2, 0.25) is 5.56 Å². The van der Waals surface area contributed by atoms with Gasteiger partial charge in [0, 0.05) is 16.7 Å². The fourth-order valence-electron chi connectivity index (χ4n) is 1.60. The van der Waals surface area contributed by atoms with Gasteiger partial charge in [-0.25, -0.2) is 0 Å². The van der Waals surface area contributed by atoms with Crippen LogP contribution in [0.5, 0.6) is 0 Å². The fraction of sp³-hybridized carbons (Fsp3) is 0. The molecule has 0 aliphatic heterocycles. The van der Waals surface area contributed by atoms with Crippen LogP contribution in [0.1, 0.15) is 16.1 Å². The highest BCUT2D eigenvalue weighted by atomic mass is 35.5. The fourth-order valence-corrected chi connectivity index (χ4v) is 1.95. The average molecular weight is 308 g/mol. The minimum absolute atomic E-state index is 0.131. The van der Waals surface area contributed by atoms with E-state index in [0.717, 1.165) is 0 Å². The van der Waals surface area contributed by atoms with Gasteiger partial charge in [0.05, 0.1) is 5.69 Å². The minimum atomic E-state index is -0.484. The lowest BCUT2D eigenvalue weighted by Crippen LogP contribution is -2.20. The number of hydrogen-bond acceptors (Lipinski definition) is 3. The van der Waals surface area contributed by atoms with E-state index < -0.39 is 5.91 Å². The minimum Gasteiger partial charge on any atom is -0.389 e. The maximum atomic E-state index is 12.0. The zero-order valence-corrected chi connectivity index (χ0v) is 11.7. The molecule has 5 nitrogen and oxygen atoms in total. The van der Waals surface area contributed by atoms with Crippen molar-refractivity contribution in [2.75, 3.05) is 5.32 Å². The van der Waals surface area contributed by atoms with Gasteiger partial charge >= 0.3 is 0 Å². The number of benzene rings is 1. The number of nitrogens with two attached hydrogens (primary N) is 1. The van der Waals surface area contributed by atoms with Gasteiger partial charge in [-0.05, 0) is 24.3 Å². The lowest BCUT2D eigenvalue weighted by atomic mass is 10.1. The number of amides is 1. The number of carbonyl (C=O) groups excluding carboxylic acids is 1. The Kier molecular flexibility index (Phi) is 4.16. The Balaban J connectivity index is 2.34. The Morgan fingerprint density at radius 3 is 2.70 bits per heavy atom. The number of hydrogen-bond donors (Lipinski definition) is 3. The first-order chi connectivity index (χ1) is 9.47. The third-order valence-electron chi connectivity index (χ3n) is 2.51. The molecule has 2 rings (SSSR count). The number of aromatic nitrogens is 1. The molecular formula is C13H10ClN3O2S. The van der Waals surface area contributed by atoms with Crippen molar-refractivity contribution in [2.45, 2.75) is 0 Å². The van der Waals surface area contributed by atoms with E-state index in [4.69, 9.17) is 29.6 Å². The van der Waals surface area contributed by atoms with Crippen LogP contribution >= 0.6 is 23.8 Å². The quantitative estimate of drug-likeness (QED) is 0.756. The first kappa shape index (κ1) is 14.2. The topological polar surface area (TPSA) is 88.0 Å². The van der Waals surface area contributed by atoms with E-state index in [0.29, 0.717) is 16.3 Å². The summed E-state index contributed by atoms with van der Waals surface area (Å²) in [7, 11) is 0. The molecule has 0 aliphatic carbocycles. The predicted octanol–water partition coefficient (Wildman–Crippen LogP) is 1.91. The standard InChI is InChI=1S/C13H10ClN3O2S/c14-7-4-5-8(12(15)20)10(6-7)17-13(19)9-2-1-3-11(18)16-9/h1-6H,(H2,15,20)(H,16,18)(H,17,19). The number of pyridine rings is 1. The van der Waals surface area contributed by atoms with E-state index >= 15 is 0 Å². The Morgan fingerprint density at radius 2 is 2.05 bits per heavy atom. The molecule has 0 spiro atoms. The number of halogens is 1. The Bertz CT molecular complexity index is 742. The van der Waals surface area contributed by atoms with E-state index in [-0.39, 0.29) is 16.2 Å². The number of nitrogens with one attached hydrogen (secondary N) is 2. The molecule has 0 radical (unpaired) electrons. The van der Waals surface area contributed by atoms with Crippen molar-refractivity contribution in [1.82, 2.24) is 4.98 Å². The van der Waals surface area contributed by atoms with Crippen molar-refractivity contribution in [3.63, 3.8) is 0 Å².